The van der Waals surface area contributed by atoms with Gasteiger partial charge in [-0.1, -0.05) is 60.7 Å². The number of hydrogen-bond acceptors (Lipinski definition) is 6. The summed E-state index contributed by atoms with van der Waals surface area (Å²) in [6, 6.07) is 18.2. The van der Waals surface area contributed by atoms with Crippen molar-refractivity contribution in [3.63, 3.8) is 0 Å². The van der Waals surface area contributed by atoms with Gasteiger partial charge < -0.3 is 9.47 Å². The largest absolute Gasteiger partial charge is 0.341 e. The molecule has 0 unspecified atom stereocenters. The van der Waals surface area contributed by atoms with Crippen LogP contribution in [0.1, 0.15) is 37.2 Å². The van der Waals surface area contributed by atoms with Crippen molar-refractivity contribution in [3.8, 4) is 0 Å². The number of amides is 6. The highest BCUT2D eigenvalue weighted by atomic mass is 16.5. The van der Waals surface area contributed by atoms with E-state index in [0.717, 1.165) is 11.1 Å². The molecule has 2 fully saturated rings. The summed E-state index contributed by atoms with van der Waals surface area (Å²) in [5, 5.41) is 4.39. The molecule has 6 amide bonds. The third-order valence-electron chi connectivity index (χ3n) is 5.46. The van der Waals surface area contributed by atoms with Crippen LogP contribution in [0.3, 0.4) is 0 Å². The number of hydrogen-bond donors (Lipinski definition) is 2. The van der Waals surface area contributed by atoms with Crippen LogP contribution >= 0.6 is 0 Å². The minimum absolute atomic E-state index is 0.250. The molecular weight excluding hydrogens is 440 g/mol. The second-order valence-corrected chi connectivity index (χ2v) is 7.89. The number of nitrogens with zero attached hydrogens (tertiary/aromatic N) is 2. The average Bonchev–Trinajstić information content (AvgIpc) is 3.23. The second kappa shape index (κ2) is 10.9. The third-order valence-corrected chi connectivity index (χ3v) is 5.46. The Morgan fingerprint density at radius 3 is 1.24 bits per heavy atom. The number of ether oxygens (including phenoxy) is 2. The van der Waals surface area contributed by atoms with Gasteiger partial charge in [-0.15, -0.1) is 0 Å². The van der Waals surface area contributed by atoms with Crippen molar-refractivity contribution in [2.75, 3.05) is 14.1 Å². The lowest BCUT2D eigenvalue weighted by atomic mass is 10.1. The van der Waals surface area contributed by atoms with E-state index in [0.29, 0.717) is 0 Å². The number of benzene rings is 2. The second-order valence-electron chi connectivity index (χ2n) is 7.89. The Morgan fingerprint density at radius 2 is 0.971 bits per heavy atom. The van der Waals surface area contributed by atoms with Crippen LogP contribution in [0.5, 0.6) is 0 Å². The van der Waals surface area contributed by atoms with Crippen LogP contribution in [0.25, 0.3) is 0 Å². The van der Waals surface area contributed by atoms with Crippen LogP contribution in [0.4, 0.5) is 9.59 Å². The molecule has 2 heterocycles. The molecule has 2 saturated heterocycles. The zero-order valence-corrected chi connectivity index (χ0v) is 19.4. The van der Waals surface area contributed by atoms with E-state index in [1.54, 1.807) is 0 Å². The van der Waals surface area contributed by atoms with Gasteiger partial charge in [0.25, 0.3) is 11.8 Å². The highest BCUT2D eigenvalue weighted by Gasteiger charge is 2.38. The van der Waals surface area contributed by atoms with E-state index in [2.05, 4.69) is 10.6 Å². The molecule has 2 aromatic rings. The highest BCUT2D eigenvalue weighted by molar-refractivity contribution is 6.03. The van der Waals surface area contributed by atoms with Crippen molar-refractivity contribution in [1.82, 2.24) is 20.4 Å². The summed E-state index contributed by atoms with van der Waals surface area (Å²) in [4.78, 5) is 47.9. The van der Waals surface area contributed by atoms with Crippen molar-refractivity contribution < 1.29 is 28.7 Å². The van der Waals surface area contributed by atoms with Crippen LogP contribution in [-0.4, -0.2) is 60.2 Å². The first kappa shape index (κ1) is 24.9. The average molecular weight is 469 g/mol. The Bertz CT molecular complexity index is 949. The lowest BCUT2D eigenvalue weighted by Gasteiger charge is -2.21. The maximum absolute atomic E-state index is 11.5. The first-order chi connectivity index (χ1) is 16.2. The Kier molecular flexibility index (Phi) is 7.98. The molecule has 0 radical (unpaired) electrons. The van der Waals surface area contributed by atoms with E-state index in [9.17, 15) is 19.2 Å². The lowest BCUT2D eigenvalue weighted by molar-refractivity contribution is -0.140. The fourth-order valence-electron chi connectivity index (χ4n) is 3.37. The smallest absolute Gasteiger partial charge is 0.326 e. The van der Waals surface area contributed by atoms with Gasteiger partial charge in [0.05, 0.1) is 12.2 Å². The molecule has 2 aliphatic heterocycles. The van der Waals surface area contributed by atoms with Crippen molar-refractivity contribution in [2.24, 2.45) is 0 Å². The van der Waals surface area contributed by atoms with Gasteiger partial charge in [0.2, 0.25) is 12.5 Å². The summed E-state index contributed by atoms with van der Waals surface area (Å²) in [6.07, 6.45) is -2.20. The molecule has 2 N–H and O–H groups in total. The summed E-state index contributed by atoms with van der Waals surface area (Å²) in [5.74, 6) is -0.833. The Morgan fingerprint density at radius 1 is 0.647 bits per heavy atom. The Balaban J connectivity index is 0.000000191. The normalized spacial score (nSPS) is 21.5. The highest BCUT2D eigenvalue weighted by Crippen LogP contribution is 2.22. The molecule has 180 valence electrons. The topological polar surface area (TPSA) is 117 Å². The van der Waals surface area contributed by atoms with Crippen LogP contribution in [0.15, 0.2) is 60.7 Å². The van der Waals surface area contributed by atoms with E-state index in [-0.39, 0.29) is 12.2 Å². The van der Waals surface area contributed by atoms with E-state index in [1.807, 2.05) is 74.5 Å². The van der Waals surface area contributed by atoms with Crippen LogP contribution in [-0.2, 0) is 19.1 Å². The zero-order valence-electron chi connectivity index (χ0n) is 19.4. The molecule has 10 nitrogen and oxygen atoms in total. The van der Waals surface area contributed by atoms with Gasteiger partial charge in [0, 0.05) is 14.1 Å². The number of urea groups is 2. The lowest BCUT2D eigenvalue weighted by Crippen LogP contribution is -2.34. The van der Waals surface area contributed by atoms with Gasteiger partial charge >= 0.3 is 12.1 Å². The maximum Gasteiger partial charge on any atom is 0.326 e. The van der Waals surface area contributed by atoms with Gasteiger partial charge in [-0.05, 0) is 25.0 Å². The minimum atomic E-state index is -0.849. The zero-order chi connectivity index (χ0) is 24.8. The Labute approximate surface area is 197 Å². The minimum Gasteiger partial charge on any atom is -0.341 e. The van der Waals surface area contributed by atoms with Gasteiger partial charge in [-0.25, -0.2) is 9.59 Å². The predicted octanol–water partition coefficient (Wildman–Crippen LogP) is 2.54. The molecule has 0 bridgehead atoms. The molecule has 2 aliphatic rings. The van der Waals surface area contributed by atoms with Gasteiger partial charge in [-0.3, -0.25) is 30.0 Å². The molecule has 4 atom stereocenters. The van der Waals surface area contributed by atoms with Crippen molar-refractivity contribution in [2.45, 2.75) is 38.5 Å². The maximum atomic E-state index is 11.5. The SMILES string of the molecule is C[C@@H](O[C@@H]1C(=O)NC(=O)N1C)c1ccccc1.C[C@@H](O[C@H]1C(=O)NC(=O)N1C)c1ccccc1. The van der Waals surface area contributed by atoms with Crippen LogP contribution in [0.2, 0.25) is 0 Å². The molecule has 0 spiro atoms. The number of nitrogens with one attached hydrogen (secondary N) is 2. The number of rotatable bonds is 6. The fraction of sp³-hybridized carbons (Fsp3) is 0.333. The Hall–Kier alpha value is -3.76. The number of carbonyl (C=O) groups excluding carboxylic acids is 4. The standard InChI is InChI=1S/2C12H14N2O3/c2*1-8(9-6-4-3-5-7-9)17-11-10(15)13-12(16)14(11)2/h2*3-8,11H,1-2H3,(H,13,15,16)/t8-,11+;8-,11-/m11/s1. The van der Waals surface area contributed by atoms with Crippen LogP contribution < -0.4 is 10.6 Å². The number of carbonyl (C=O) groups is 4. The van der Waals surface area contributed by atoms with E-state index in [1.165, 1.54) is 23.9 Å². The number of imide groups is 2. The summed E-state index contributed by atoms with van der Waals surface area (Å²) in [7, 11) is 3.06. The van der Waals surface area contributed by atoms with Crippen LogP contribution in [0, 0.1) is 0 Å². The summed E-state index contributed by atoms with van der Waals surface area (Å²) < 4.78 is 11.2. The van der Waals surface area contributed by atoms with Crippen molar-refractivity contribution >= 4 is 23.9 Å². The van der Waals surface area contributed by atoms with Crippen molar-refractivity contribution in [3.05, 3.63) is 71.8 Å². The predicted molar refractivity (Wildman–Crippen MR) is 122 cm³/mol. The van der Waals surface area contributed by atoms with E-state index in [4.69, 9.17) is 9.47 Å². The van der Waals surface area contributed by atoms with Crippen molar-refractivity contribution in [1.29, 1.82) is 0 Å². The molecule has 2 aromatic carbocycles. The summed E-state index contributed by atoms with van der Waals surface area (Å²) in [6.45, 7) is 3.69. The summed E-state index contributed by atoms with van der Waals surface area (Å²) in [5.41, 5.74) is 1.93. The molecular formula is C24H28N4O6. The van der Waals surface area contributed by atoms with Gasteiger partial charge in [0.1, 0.15) is 0 Å². The molecule has 4 rings (SSSR count). The fourth-order valence-corrected chi connectivity index (χ4v) is 3.37. The molecule has 0 saturated carbocycles. The first-order valence-corrected chi connectivity index (χ1v) is 10.7. The quantitative estimate of drug-likeness (QED) is 0.630. The molecule has 34 heavy (non-hydrogen) atoms. The number of likely N-dealkylation sites (N-methyl/N-ethyl adjacent to an activating group) is 2. The summed E-state index contributed by atoms with van der Waals surface area (Å²) >= 11 is 0. The van der Waals surface area contributed by atoms with E-state index < -0.39 is 36.3 Å². The van der Waals surface area contributed by atoms with Gasteiger partial charge in [0.15, 0.2) is 0 Å². The molecule has 0 aromatic heterocycles. The molecule has 10 heteroatoms. The third kappa shape index (κ3) is 5.77. The van der Waals surface area contributed by atoms with E-state index >= 15 is 0 Å². The molecule has 0 aliphatic carbocycles. The monoisotopic (exact) mass is 468 g/mol. The van der Waals surface area contributed by atoms with Gasteiger partial charge in [-0.2, -0.15) is 0 Å². The first-order valence-electron chi connectivity index (χ1n) is 10.7.